The summed E-state index contributed by atoms with van der Waals surface area (Å²) >= 11 is 3.33. The van der Waals surface area contributed by atoms with E-state index in [2.05, 4.69) is 15.9 Å². The van der Waals surface area contributed by atoms with E-state index in [0.717, 1.165) is 10.0 Å². The van der Waals surface area contributed by atoms with Crippen LogP contribution < -0.4 is 9.64 Å². The van der Waals surface area contributed by atoms with E-state index in [0.29, 0.717) is 17.9 Å². The van der Waals surface area contributed by atoms with Crippen LogP contribution in [-0.2, 0) is 21.2 Å². The topological polar surface area (TPSA) is 66.9 Å². The van der Waals surface area contributed by atoms with Crippen LogP contribution in [-0.4, -0.2) is 45.9 Å². The summed E-state index contributed by atoms with van der Waals surface area (Å²) in [6, 6.07) is 23.1. The molecule has 32 heavy (non-hydrogen) atoms. The third kappa shape index (κ3) is 5.97. The molecule has 0 heterocycles. The number of amides is 1. The van der Waals surface area contributed by atoms with E-state index < -0.39 is 10.0 Å². The number of likely N-dealkylation sites (N-methyl/N-ethyl adjacent to an activating group) is 1. The number of hydrogen-bond donors (Lipinski definition) is 0. The van der Waals surface area contributed by atoms with Crippen LogP contribution in [0, 0.1) is 0 Å². The predicted octanol–water partition coefficient (Wildman–Crippen LogP) is 4.35. The Morgan fingerprint density at radius 1 is 0.969 bits per heavy atom. The molecule has 0 aliphatic carbocycles. The van der Waals surface area contributed by atoms with Crippen LogP contribution in [0.1, 0.15) is 5.56 Å². The van der Waals surface area contributed by atoms with Crippen molar-refractivity contribution >= 4 is 37.5 Å². The Bertz CT molecular complexity index is 1150. The SMILES string of the molecule is COc1cccc(N(C)C(=O)CN(CCc2ccccc2)S(=O)(=O)c2ccc(Br)cc2)c1. The van der Waals surface area contributed by atoms with Gasteiger partial charge in [-0.1, -0.05) is 52.3 Å². The number of anilines is 1. The number of sulfonamides is 1. The summed E-state index contributed by atoms with van der Waals surface area (Å²) in [5.41, 5.74) is 1.62. The van der Waals surface area contributed by atoms with Gasteiger partial charge < -0.3 is 9.64 Å². The Morgan fingerprint density at radius 2 is 1.66 bits per heavy atom. The Labute approximate surface area is 197 Å². The van der Waals surface area contributed by atoms with Crippen molar-refractivity contribution in [3.8, 4) is 5.75 Å². The quantitative estimate of drug-likeness (QED) is 0.423. The van der Waals surface area contributed by atoms with E-state index in [9.17, 15) is 13.2 Å². The van der Waals surface area contributed by atoms with Gasteiger partial charge in [0.2, 0.25) is 15.9 Å². The maximum Gasteiger partial charge on any atom is 0.243 e. The van der Waals surface area contributed by atoms with Gasteiger partial charge in [0.05, 0.1) is 18.6 Å². The van der Waals surface area contributed by atoms with Gasteiger partial charge in [-0.2, -0.15) is 4.31 Å². The number of carbonyl (C=O) groups excluding carboxylic acids is 1. The van der Waals surface area contributed by atoms with Crippen LogP contribution in [0.2, 0.25) is 0 Å². The van der Waals surface area contributed by atoms with Crippen molar-refractivity contribution in [1.82, 2.24) is 4.31 Å². The minimum atomic E-state index is -3.87. The van der Waals surface area contributed by atoms with Crippen molar-refractivity contribution in [3.05, 3.63) is 88.9 Å². The molecule has 0 aromatic heterocycles. The molecule has 0 atom stereocenters. The fourth-order valence-corrected chi connectivity index (χ4v) is 4.81. The number of nitrogens with zero attached hydrogens (tertiary/aromatic N) is 2. The van der Waals surface area contributed by atoms with E-state index in [-0.39, 0.29) is 23.9 Å². The third-order valence-corrected chi connectivity index (χ3v) is 7.46. The first kappa shape index (κ1) is 24.0. The number of benzene rings is 3. The lowest BCUT2D eigenvalue weighted by Gasteiger charge is -2.25. The van der Waals surface area contributed by atoms with Crippen LogP contribution >= 0.6 is 15.9 Å². The Hall–Kier alpha value is -2.68. The van der Waals surface area contributed by atoms with Gasteiger partial charge in [0.1, 0.15) is 5.75 Å². The smallest absolute Gasteiger partial charge is 0.243 e. The second-order valence-electron chi connectivity index (χ2n) is 7.18. The zero-order chi connectivity index (χ0) is 23.1. The highest BCUT2D eigenvalue weighted by atomic mass is 79.9. The number of ether oxygens (including phenoxy) is 1. The molecule has 8 heteroatoms. The fourth-order valence-electron chi connectivity index (χ4n) is 3.16. The summed E-state index contributed by atoms with van der Waals surface area (Å²) in [5, 5.41) is 0. The monoisotopic (exact) mass is 516 g/mol. The van der Waals surface area contributed by atoms with Gasteiger partial charge >= 0.3 is 0 Å². The van der Waals surface area contributed by atoms with E-state index in [1.165, 1.54) is 21.3 Å². The maximum atomic E-state index is 13.4. The number of methoxy groups -OCH3 is 1. The molecule has 0 unspecified atom stereocenters. The van der Waals surface area contributed by atoms with Crippen LogP contribution in [0.3, 0.4) is 0 Å². The minimum Gasteiger partial charge on any atom is -0.497 e. The first-order valence-electron chi connectivity index (χ1n) is 10.0. The summed E-state index contributed by atoms with van der Waals surface area (Å²) in [7, 11) is -0.695. The summed E-state index contributed by atoms with van der Waals surface area (Å²) < 4.78 is 34.0. The van der Waals surface area contributed by atoms with Gasteiger partial charge in [-0.25, -0.2) is 8.42 Å². The number of carbonyl (C=O) groups is 1. The molecule has 0 bridgehead atoms. The lowest BCUT2D eigenvalue weighted by molar-refractivity contribution is -0.118. The van der Waals surface area contributed by atoms with Crippen molar-refractivity contribution in [2.45, 2.75) is 11.3 Å². The van der Waals surface area contributed by atoms with E-state index in [1.54, 1.807) is 50.6 Å². The fraction of sp³-hybridized carbons (Fsp3) is 0.208. The largest absolute Gasteiger partial charge is 0.497 e. The molecule has 6 nitrogen and oxygen atoms in total. The second-order valence-corrected chi connectivity index (χ2v) is 10.0. The molecule has 0 saturated carbocycles. The van der Waals surface area contributed by atoms with Gasteiger partial charge in [-0.15, -0.1) is 0 Å². The average Bonchev–Trinajstić information content (AvgIpc) is 2.82. The van der Waals surface area contributed by atoms with Gasteiger partial charge in [0.25, 0.3) is 0 Å². The minimum absolute atomic E-state index is 0.144. The molecule has 168 valence electrons. The molecule has 0 radical (unpaired) electrons. The highest BCUT2D eigenvalue weighted by Gasteiger charge is 2.28. The van der Waals surface area contributed by atoms with Gasteiger partial charge in [-0.05, 0) is 48.4 Å². The summed E-state index contributed by atoms with van der Waals surface area (Å²) in [5.74, 6) is 0.276. The number of halogens is 1. The van der Waals surface area contributed by atoms with Crippen molar-refractivity contribution in [3.63, 3.8) is 0 Å². The molecule has 0 N–H and O–H groups in total. The van der Waals surface area contributed by atoms with Crippen LogP contribution in [0.15, 0.2) is 88.2 Å². The normalized spacial score (nSPS) is 11.4. The average molecular weight is 517 g/mol. The first-order chi connectivity index (χ1) is 15.3. The molecule has 0 spiro atoms. The molecule has 3 rings (SSSR count). The number of hydrogen-bond acceptors (Lipinski definition) is 4. The molecule has 0 aliphatic heterocycles. The lowest BCUT2D eigenvalue weighted by atomic mass is 10.1. The summed E-state index contributed by atoms with van der Waals surface area (Å²) in [6.45, 7) is -0.0982. The van der Waals surface area contributed by atoms with Crippen molar-refractivity contribution < 1.29 is 17.9 Å². The van der Waals surface area contributed by atoms with Crippen LogP contribution in [0.5, 0.6) is 5.75 Å². The molecule has 0 saturated heterocycles. The van der Waals surface area contributed by atoms with Crippen LogP contribution in [0.4, 0.5) is 5.69 Å². The van der Waals surface area contributed by atoms with Crippen molar-refractivity contribution in [1.29, 1.82) is 0 Å². The van der Waals surface area contributed by atoms with Gasteiger partial charge in [0.15, 0.2) is 0 Å². The predicted molar refractivity (Wildman–Crippen MR) is 129 cm³/mol. The van der Waals surface area contributed by atoms with E-state index in [4.69, 9.17) is 4.74 Å². The lowest BCUT2D eigenvalue weighted by Crippen LogP contribution is -2.42. The maximum absolute atomic E-state index is 13.4. The highest BCUT2D eigenvalue weighted by molar-refractivity contribution is 9.10. The van der Waals surface area contributed by atoms with Crippen LogP contribution in [0.25, 0.3) is 0 Å². The summed E-state index contributed by atoms with van der Waals surface area (Å²) in [6.07, 6.45) is 0.493. The zero-order valence-corrected chi connectivity index (χ0v) is 20.3. The van der Waals surface area contributed by atoms with Crippen molar-refractivity contribution in [2.24, 2.45) is 0 Å². The van der Waals surface area contributed by atoms with Gasteiger partial charge in [0, 0.05) is 29.8 Å². The highest BCUT2D eigenvalue weighted by Crippen LogP contribution is 2.22. The molecule has 0 aliphatic rings. The van der Waals surface area contributed by atoms with E-state index in [1.807, 2.05) is 30.3 Å². The number of rotatable bonds is 9. The van der Waals surface area contributed by atoms with E-state index >= 15 is 0 Å². The standard InChI is InChI=1S/C24H25BrN2O4S/c1-26(21-9-6-10-22(17-21)31-2)24(28)18-27(16-15-19-7-4-3-5-8-19)32(29,30)23-13-11-20(25)12-14-23/h3-14,17H,15-16,18H2,1-2H3. The van der Waals surface area contributed by atoms with Crippen molar-refractivity contribution in [2.75, 3.05) is 32.1 Å². The first-order valence-corrected chi connectivity index (χ1v) is 12.2. The summed E-state index contributed by atoms with van der Waals surface area (Å²) in [4.78, 5) is 14.7. The van der Waals surface area contributed by atoms with Gasteiger partial charge in [-0.3, -0.25) is 4.79 Å². The molecular weight excluding hydrogens is 492 g/mol. The molecular formula is C24H25BrN2O4S. The second kappa shape index (κ2) is 10.8. The molecule has 3 aromatic rings. The Balaban J connectivity index is 1.85. The Kier molecular flexibility index (Phi) is 8.06. The molecule has 0 fully saturated rings. The molecule has 3 aromatic carbocycles. The Morgan fingerprint density at radius 3 is 2.31 bits per heavy atom. The molecule has 1 amide bonds. The zero-order valence-electron chi connectivity index (χ0n) is 17.9. The third-order valence-electron chi connectivity index (χ3n) is 5.07.